The number of rotatable bonds is 2. The van der Waals surface area contributed by atoms with Gasteiger partial charge in [0.15, 0.2) is 0 Å². The summed E-state index contributed by atoms with van der Waals surface area (Å²) in [6.07, 6.45) is 4.97. The Labute approximate surface area is 123 Å². The van der Waals surface area contributed by atoms with Crippen LogP contribution in [0.4, 0.5) is 5.82 Å². The minimum absolute atomic E-state index is 0.0667. The van der Waals surface area contributed by atoms with E-state index >= 15 is 0 Å². The fourth-order valence-corrected chi connectivity index (χ4v) is 2.82. The molecule has 3 nitrogen and oxygen atoms in total. The van der Waals surface area contributed by atoms with Gasteiger partial charge in [0.1, 0.15) is 11.6 Å². The molecule has 0 saturated heterocycles. The topological polar surface area (TPSA) is 37.8 Å². The zero-order chi connectivity index (χ0) is 15.0. The zero-order valence-corrected chi connectivity index (χ0v) is 13.9. The van der Waals surface area contributed by atoms with E-state index < -0.39 is 0 Å². The van der Waals surface area contributed by atoms with E-state index in [1.165, 1.54) is 25.7 Å². The lowest BCUT2D eigenvalue weighted by Crippen LogP contribution is -2.23. The molecule has 0 spiro atoms. The Morgan fingerprint density at radius 3 is 2.25 bits per heavy atom. The summed E-state index contributed by atoms with van der Waals surface area (Å²) in [4.78, 5) is 9.59. The highest BCUT2D eigenvalue weighted by Crippen LogP contribution is 2.41. The molecule has 1 aromatic rings. The van der Waals surface area contributed by atoms with Crippen LogP contribution in [0.1, 0.15) is 77.7 Å². The smallest absolute Gasteiger partial charge is 0.134 e. The molecular weight excluding hydrogens is 246 g/mol. The SMILES string of the molecule is CNc1cc(C(C)(C)C)nc(C2CCC(C)(C)CC2)n1. The summed E-state index contributed by atoms with van der Waals surface area (Å²) < 4.78 is 0. The van der Waals surface area contributed by atoms with Gasteiger partial charge in [0, 0.05) is 24.4 Å². The van der Waals surface area contributed by atoms with Gasteiger partial charge in [0.05, 0.1) is 5.69 Å². The van der Waals surface area contributed by atoms with E-state index in [1.807, 2.05) is 7.05 Å². The molecule has 1 fully saturated rings. The lowest BCUT2D eigenvalue weighted by Gasteiger charge is -2.34. The van der Waals surface area contributed by atoms with Gasteiger partial charge in [0.25, 0.3) is 0 Å². The van der Waals surface area contributed by atoms with Crippen LogP contribution >= 0.6 is 0 Å². The maximum absolute atomic E-state index is 4.87. The van der Waals surface area contributed by atoms with E-state index in [9.17, 15) is 0 Å². The van der Waals surface area contributed by atoms with Crippen LogP contribution in [-0.2, 0) is 5.41 Å². The van der Waals surface area contributed by atoms with Gasteiger partial charge in [-0.25, -0.2) is 9.97 Å². The summed E-state index contributed by atoms with van der Waals surface area (Å²) in [6.45, 7) is 11.4. The predicted octanol–water partition coefficient (Wildman–Crippen LogP) is 4.50. The zero-order valence-electron chi connectivity index (χ0n) is 13.9. The minimum Gasteiger partial charge on any atom is -0.373 e. The maximum atomic E-state index is 4.87. The number of hydrogen-bond acceptors (Lipinski definition) is 3. The van der Waals surface area contributed by atoms with Gasteiger partial charge >= 0.3 is 0 Å². The molecule has 1 N–H and O–H groups in total. The highest BCUT2D eigenvalue weighted by Gasteiger charge is 2.30. The number of nitrogens with zero attached hydrogens (tertiary/aromatic N) is 2. The van der Waals surface area contributed by atoms with Crippen molar-refractivity contribution >= 4 is 5.82 Å². The minimum atomic E-state index is 0.0667. The van der Waals surface area contributed by atoms with Crippen LogP contribution in [-0.4, -0.2) is 17.0 Å². The highest BCUT2D eigenvalue weighted by atomic mass is 15.0. The lowest BCUT2D eigenvalue weighted by atomic mass is 9.73. The first-order valence-corrected chi connectivity index (χ1v) is 7.78. The molecule has 0 bridgehead atoms. The first-order chi connectivity index (χ1) is 9.21. The van der Waals surface area contributed by atoms with Crippen molar-refractivity contribution < 1.29 is 0 Å². The highest BCUT2D eigenvalue weighted by molar-refractivity contribution is 5.37. The monoisotopic (exact) mass is 275 g/mol. The first kappa shape index (κ1) is 15.3. The van der Waals surface area contributed by atoms with Gasteiger partial charge in [-0.1, -0.05) is 34.6 Å². The van der Waals surface area contributed by atoms with E-state index in [0.29, 0.717) is 11.3 Å². The number of hydrogen-bond donors (Lipinski definition) is 1. The third kappa shape index (κ3) is 3.50. The van der Waals surface area contributed by atoms with Crippen molar-refractivity contribution in [2.24, 2.45) is 5.41 Å². The van der Waals surface area contributed by atoms with Crippen molar-refractivity contribution in [1.82, 2.24) is 9.97 Å². The molecule has 0 unspecified atom stereocenters. The lowest BCUT2D eigenvalue weighted by molar-refractivity contribution is 0.220. The van der Waals surface area contributed by atoms with Gasteiger partial charge in [-0.3, -0.25) is 0 Å². The third-order valence-corrected chi connectivity index (χ3v) is 4.47. The summed E-state index contributed by atoms with van der Waals surface area (Å²) in [7, 11) is 1.93. The Hall–Kier alpha value is -1.12. The van der Waals surface area contributed by atoms with Crippen LogP contribution in [0.5, 0.6) is 0 Å². The standard InChI is InChI=1S/C17H29N3/c1-16(2,3)13-11-14(18-6)20-15(19-13)12-7-9-17(4,5)10-8-12/h11-12H,7-10H2,1-6H3,(H,18,19,20). The van der Waals surface area contributed by atoms with E-state index in [4.69, 9.17) is 9.97 Å². The van der Waals surface area contributed by atoms with Crippen LogP contribution in [0, 0.1) is 5.41 Å². The molecule has 1 aliphatic rings. The molecule has 0 aromatic carbocycles. The molecule has 112 valence electrons. The van der Waals surface area contributed by atoms with Gasteiger partial charge < -0.3 is 5.32 Å². The Morgan fingerprint density at radius 1 is 1.15 bits per heavy atom. The van der Waals surface area contributed by atoms with Crippen molar-refractivity contribution in [1.29, 1.82) is 0 Å². The number of aromatic nitrogens is 2. The molecule has 1 aromatic heterocycles. The normalized spacial score (nSPS) is 19.9. The summed E-state index contributed by atoms with van der Waals surface area (Å²) >= 11 is 0. The summed E-state index contributed by atoms with van der Waals surface area (Å²) in [5.74, 6) is 2.51. The Morgan fingerprint density at radius 2 is 1.75 bits per heavy atom. The molecule has 0 radical (unpaired) electrons. The van der Waals surface area contributed by atoms with E-state index in [-0.39, 0.29) is 5.41 Å². The predicted molar refractivity (Wildman–Crippen MR) is 85.3 cm³/mol. The van der Waals surface area contributed by atoms with Crippen molar-refractivity contribution in [3.63, 3.8) is 0 Å². The third-order valence-electron chi connectivity index (χ3n) is 4.47. The van der Waals surface area contributed by atoms with Gasteiger partial charge in [-0.05, 0) is 31.1 Å². The van der Waals surface area contributed by atoms with E-state index in [0.717, 1.165) is 17.3 Å². The first-order valence-electron chi connectivity index (χ1n) is 7.78. The molecule has 20 heavy (non-hydrogen) atoms. The summed E-state index contributed by atoms with van der Waals surface area (Å²) in [5, 5.41) is 3.18. The fraction of sp³-hybridized carbons (Fsp3) is 0.765. The van der Waals surface area contributed by atoms with Crippen LogP contribution < -0.4 is 5.32 Å². The van der Waals surface area contributed by atoms with E-state index in [1.54, 1.807) is 0 Å². The molecule has 2 rings (SSSR count). The maximum Gasteiger partial charge on any atom is 0.134 e. The van der Waals surface area contributed by atoms with Gasteiger partial charge in [-0.2, -0.15) is 0 Å². The molecule has 3 heteroatoms. The van der Waals surface area contributed by atoms with Crippen LogP contribution in [0.15, 0.2) is 6.07 Å². The second-order valence-electron chi connectivity index (χ2n) is 7.94. The molecule has 0 amide bonds. The Balaban J connectivity index is 2.28. The number of anilines is 1. The van der Waals surface area contributed by atoms with Crippen molar-refractivity contribution in [2.45, 2.75) is 71.6 Å². The van der Waals surface area contributed by atoms with Crippen molar-refractivity contribution in [2.75, 3.05) is 12.4 Å². The van der Waals surface area contributed by atoms with Crippen LogP contribution in [0.25, 0.3) is 0 Å². The van der Waals surface area contributed by atoms with Crippen LogP contribution in [0.2, 0.25) is 0 Å². The Bertz CT molecular complexity index is 462. The summed E-state index contributed by atoms with van der Waals surface area (Å²) in [5.41, 5.74) is 1.69. The second-order valence-corrected chi connectivity index (χ2v) is 7.94. The summed E-state index contributed by atoms with van der Waals surface area (Å²) in [6, 6.07) is 2.08. The van der Waals surface area contributed by atoms with Crippen molar-refractivity contribution in [3.8, 4) is 0 Å². The molecule has 1 aliphatic carbocycles. The quantitative estimate of drug-likeness (QED) is 0.863. The second kappa shape index (κ2) is 5.34. The van der Waals surface area contributed by atoms with Crippen LogP contribution in [0.3, 0.4) is 0 Å². The molecule has 0 atom stereocenters. The van der Waals surface area contributed by atoms with Gasteiger partial charge in [0.2, 0.25) is 0 Å². The Kier molecular flexibility index (Phi) is 4.08. The molecule has 0 aliphatic heterocycles. The average molecular weight is 275 g/mol. The van der Waals surface area contributed by atoms with Crippen molar-refractivity contribution in [3.05, 3.63) is 17.6 Å². The largest absolute Gasteiger partial charge is 0.373 e. The number of nitrogens with one attached hydrogen (secondary N) is 1. The average Bonchev–Trinajstić information content (AvgIpc) is 2.37. The molecule has 1 heterocycles. The molecule has 1 saturated carbocycles. The van der Waals surface area contributed by atoms with E-state index in [2.05, 4.69) is 46.0 Å². The fourth-order valence-electron chi connectivity index (χ4n) is 2.82. The molecular formula is C17H29N3. The van der Waals surface area contributed by atoms with Gasteiger partial charge in [-0.15, -0.1) is 0 Å².